The van der Waals surface area contributed by atoms with Gasteiger partial charge in [0.25, 0.3) is 0 Å². The second-order valence-electron chi connectivity index (χ2n) is 16.5. The van der Waals surface area contributed by atoms with Gasteiger partial charge in [-0.15, -0.1) is 0 Å². The second kappa shape index (κ2) is 15.8. The summed E-state index contributed by atoms with van der Waals surface area (Å²) in [6, 6.07) is 89.6. The summed E-state index contributed by atoms with van der Waals surface area (Å²) in [5.74, 6) is 0. The van der Waals surface area contributed by atoms with Crippen LogP contribution in [-0.4, -0.2) is 0 Å². The molecule has 1 aromatic heterocycles. The molecular formula is C62H41NO. The Balaban J connectivity index is 0.923. The van der Waals surface area contributed by atoms with Gasteiger partial charge in [0.1, 0.15) is 11.2 Å². The Morgan fingerprint density at radius 2 is 0.734 bits per heavy atom. The summed E-state index contributed by atoms with van der Waals surface area (Å²) < 4.78 is 6.60. The first-order chi connectivity index (χ1) is 31.7. The summed E-state index contributed by atoms with van der Waals surface area (Å²) in [5.41, 5.74) is 16.9. The third kappa shape index (κ3) is 6.70. The molecule has 2 nitrogen and oxygen atoms in total. The van der Waals surface area contributed by atoms with E-state index in [9.17, 15) is 0 Å². The summed E-state index contributed by atoms with van der Waals surface area (Å²) in [6.07, 6.45) is 0. The van der Waals surface area contributed by atoms with Crippen molar-refractivity contribution in [2.24, 2.45) is 0 Å². The van der Waals surface area contributed by atoms with Gasteiger partial charge in [-0.1, -0.05) is 200 Å². The van der Waals surface area contributed by atoms with E-state index < -0.39 is 0 Å². The van der Waals surface area contributed by atoms with Gasteiger partial charge in [-0.25, -0.2) is 0 Å². The molecule has 0 atom stereocenters. The lowest BCUT2D eigenvalue weighted by molar-refractivity contribution is 0.673. The molecule has 0 spiro atoms. The van der Waals surface area contributed by atoms with E-state index in [0.29, 0.717) is 0 Å². The van der Waals surface area contributed by atoms with Crippen molar-refractivity contribution in [2.75, 3.05) is 4.90 Å². The van der Waals surface area contributed by atoms with Gasteiger partial charge in [0.05, 0.1) is 0 Å². The molecule has 0 saturated carbocycles. The number of rotatable bonds is 8. The number of nitrogens with zero attached hydrogens (tertiary/aromatic N) is 1. The van der Waals surface area contributed by atoms with Crippen LogP contribution in [0.15, 0.2) is 253 Å². The van der Waals surface area contributed by atoms with Gasteiger partial charge in [-0.2, -0.15) is 0 Å². The van der Waals surface area contributed by atoms with Crippen molar-refractivity contribution in [3.63, 3.8) is 0 Å². The highest BCUT2D eigenvalue weighted by Gasteiger charge is 2.18. The maximum atomic E-state index is 6.60. The molecule has 1 heterocycles. The van der Waals surface area contributed by atoms with Crippen LogP contribution in [0.1, 0.15) is 0 Å². The quantitative estimate of drug-likeness (QED) is 0.152. The summed E-state index contributed by atoms with van der Waals surface area (Å²) in [6.45, 7) is 0. The molecule has 64 heavy (non-hydrogen) atoms. The van der Waals surface area contributed by atoms with Gasteiger partial charge in [0.15, 0.2) is 0 Å². The van der Waals surface area contributed by atoms with Crippen molar-refractivity contribution in [3.8, 4) is 55.6 Å². The van der Waals surface area contributed by atoms with Crippen molar-refractivity contribution in [1.29, 1.82) is 0 Å². The average Bonchev–Trinajstić information content (AvgIpc) is 3.77. The van der Waals surface area contributed by atoms with E-state index in [1.54, 1.807) is 0 Å². The Labute approximate surface area is 372 Å². The van der Waals surface area contributed by atoms with Crippen LogP contribution in [0.3, 0.4) is 0 Å². The highest BCUT2D eigenvalue weighted by molar-refractivity contribution is 6.19. The molecule has 0 saturated heterocycles. The lowest BCUT2D eigenvalue weighted by Gasteiger charge is -2.26. The van der Waals surface area contributed by atoms with Gasteiger partial charge < -0.3 is 9.32 Å². The number of furan rings is 1. The SMILES string of the molecule is c1ccc(-c2ccc(-c3ccc(N(c4ccc(-c5ccc(-c6cccc7ccccc67)cc5)cc4)c4cccc(-c5cccc6oc7c8ccccc8ccc7c56)c4)cc3)cc2)cc1. The van der Waals surface area contributed by atoms with E-state index >= 15 is 0 Å². The van der Waals surface area contributed by atoms with Gasteiger partial charge in [-0.05, 0) is 120 Å². The molecule has 11 aromatic carbocycles. The fourth-order valence-corrected chi connectivity index (χ4v) is 9.47. The highest BCUT2D eigenvalue weighted by Crippen LogP contribution is 2.43. The largest absolute Gasteiger partial charge is 0.455 e. The molecule has 12 rings (SSSR count). The van der Waals surface area contributed by atoms with Crippen molar-refractivity contribution < 1.29 is 4.42 Å². The van der Waals surface area contributed by atoms with Crippen LogP contribution in [0.5, 0.6) is 0 Å². The Kier molecular flexibility index (Phi) is 9.20. The van der Waals surface area contributed by atoms with Crippen LogP contribution in [0, 0.1) is 0 Å². The zero-order valence-electron chi connectivity index (χ0n) is 35.0. The maximum Gasteiger partial charge on any atom is 0.143 e. The molecule has 0 unspecified atom stereocenters. The van der Waals surface area contributed by atoms with Crippen LogP contribution in [0.2, 0.25) is 0 Å². The number of hydrogen-bond donors (Lipinski definition) is 0. The lowest BCUT2D eigenvalue weighted by atomic mass is 9.96. The van der Waals surface area contributed by atoms with Crippen LogP contribution < -0.4 is 4.90 Å². The van der Waals surface area contributed by atoms with E-state index in [2.05, 4.69) is 254 Å². The molecule has 2 heteroatoms. The second-order valence-corrected chi connectivity index (χ2v) is 16.5. The predicted molar refractivity (Wildman–Crippen MR) is 271 cm³/mol. The van der Waals surface area contributed by atoms with Crippen molar-refractivity contribution in [1.82, 2.24) is 0 Å². The normalized spacial score (nSPS) is 11.4. The van der Waals surface area contributed by atoms with Crippen molar-refractivity contribution in [3.05, 3.63) is 249 Å². The molecule has 0 aliphatic carbocycles. The summed E-state index contributed by atoms with van der Waals surface area (Å²) in [5, 5.41) is 7.07. The number of benzene rings is 11. The summed E-state index contributed by atoms with van der Waals surface area (Å²) >= 11 is 0. The Bertz CT molecular complexity index is 3620. The third-order valence-electron chi connectivity index (χ3n) is 12.7. The van der Waals surface area contributed by atoms with Gasteiger partial charge in [0.2, 0.25) is 0 Å². The molecule has 0 radical (unpaired) electrons. The van der Waals surface area contributed by atoms with E-state index in [1.165, 1.54) is 60.7 Å². The Hall–Kier alpha value is -8.46. The van der Waals surface area contributed by atoms with Crippen LogP contribution >= 0.6 is 0 Å². The fraction of sp³-hybridized carbons (Fsp3) is 0. The molecule has 300 valence electrons. The molecule has 12 aromatic rings. The number of hydrogen-bond acceptors (Lipinski definition) is 2. The minimum absolute atomic E-state index is 0.888. The first-order valence-corrected chi connectivity index (χ1v) is 21.9. The first kappa shape index (κ1) is 37.3. The third-order valence-corrected chi connectivity index (χ3v) is 12.7. The van der Waals surface area contributed by atoms with Crippen LogP contribution in [0.25, 0.3) is 99.1 Å². The number of fused-ring (bicyclic) bond motifs is 6. The lowest BCUT2D eigenvalue weighted by Crippen LogP contribution is -2.10. The smallest absolute Gasteiger partial charge is 0.143 e. The van der Waals surface area contributed by atoms with Crippen LogP contribution in [-0.2, 0) is 0 Å². The standard InChI is InChI=1S/C62H41NO/c1-2-11-42(12-3-1)43-23-25-44(26-24-43)46-31-36-52(37-32-46)63(53-38-33-47(34-39-53)45-27-29-50(30-28-45)56-20-9-15-48-13-4-6-18-55(48)56)54-17-8-16-51(41-54)57-21-10-22-60-61(57)59-40-35-49-14-5-7-19-58(49)62(59)64-60/h1-41H. The van der Waals surface area contributed by atoms with E-state index in [-0.39, 0.29) is 0 Å². The van der Waals surface area contributed by atoms with Crippen molar-refractivity contribution >= 4 is 60.5 Å². The molecular weight excluding hydrogens is 775 g/mol. The van der Waals surface area contributed by atoms with Gasteiger partial charge in [0, 0.05) is 33.2 Å². The monoisotopic (exact) mass is 815 g/mol. The molecule has 0 fully saturated rings. The average molecular weight is 816 g/mol. The topological polar surface area (TPSA) is 16.4 Å². The van der Waals surface area contributed by atoms with Crippen LogP contribution in [0.4, 0.5) is 17.1 Å². The molecule has 0 aliphatic rings. The minimum Gasteiger partial charge on any atom is -0.455 e. The fourth-order valence-electron chi connectivity index (χ4n) is 9.47. The predicted octanol–water partition coefficient (Wildman–Crippen LogP) is 17.7. The highest BCUT2D eigenvalue weighted by atomic mass is 16.3. The first-order valence-electron chi connectivity index (χ1n) is 21.9. The van der Waals surface area contributed by atoms with E-state index in [1.807, 2.05) is 0 Å². The molecule has 0 aliphatic heterocycles. The molecule has 0 amide bonds. The Morgan fingerprint density at radius 1 is 0.266 bits per heavy atom. The molecule has 0 N–H and O–H groups in total. The minimum atomic E-state index is 0.888. The van der Waals surface area contributed by atoms with Crippen molar-refractivity contribution in [2.45, 2.75) is 0 Å². The number of anilines is 3. The van der Waals surface area contributed by atoms with E-state index in [0.717, 1.165) is 55.5 Å². The Morgan fingerprint density at radius 3 is 1.39 bits per heavy atom. The summed E-state index contributed by atoms with van der Waals surface area (Å²) in [4.78, 5) is 2.36. The summed E-state index contributed by atoms with van der Waals surface area (Å²) in [7, 11) is 0. The zero-order valence-corrected chi connectivity index (χ0v) is 35.0. The van der Waals surface area contributed by atoms with E-state index in [4.69, 9.17) is 4.42 Å². The zero-order chi connectivity index (χ0) is 42.4. The van der Waals surface area contributed by atoms with Gasteiger partial charge in [-0.3, -0.25) is 0 Å². The maximum absolute atomic E-state index is 6.60. The van der Waals surface area contributed by atoms with Gasteiger partial charge >= 0.3 is 0 Å². The molecule has 0 bridgehead atoms.